The molecule has 7 heteroatoms. The predicted molar refractivity (Wildman–Crippen MR) is 96.5 cm³/mol. The Morgan fingerprint density at radius 1 is 1.12 bits per heavy atom. The molecule has 128 valence electrons. The number of aromatic nitrogens is 3. The fourth-order valence-corrected chi connectivity index (χ4v) is 2.93. The lowest BCUT2D eigenvalue weighted by atomic mass is 10.00. The van der Waals surface area contributed by atoms with Gasteiger partial charge in [-0.1, -0.05) is 18.2 Å². The van der Waals surface area contributed by atoms with E-state index in [1.54, 1.807) is 36.9 Å². The van der Waals surface area contributed by atoms with Gasteiger partial charge < -0.3 is 10.1 Å². The van der Waals surface area contributed by atoms with Crippen molar-refractivity contribution in [1.29, 1.82) is 0 Å². The van der Waals surface area contributed by atoms with Crippen molar-refractivity contribution in [2.45, 2.75) is 6.10 Å². The number of fused-ring (bicyclic) bond motifs is 1. The number of pyridine rings is 2. The number of aliphatic hydroxyl groups is 1. The summed E-state index contributed by atoms with van der Waals surface area (Å²) in [6, 6.07) is 11.7. The zero-order valence-corrected chi connectivity index (χ0v) is 13.5. The summed E-state index contributed by atoms with van der Waals surface area (Å²) in [6.07, 6.45) is 5.85. The summed E-state index contributed by atoms with van der Waals surface area (Å²) in [6.45, 7) is 0. The Morgan fingerprint density at radius 2 is 2.00 bits per heavy atom. The van der Waals surface area contributed by atoms with Gasteiger partial charge in [0.25, 0.3) is 5.69 Å². The number of hydrogen-bond acceptors (Lipinski definition) is 5. The molecule has 0 aliphatic rings. The van der Waals surface area contributed by atoms with Gasteiger partial charge in [0, 0.05) is 59.0 Å². The van der Waals surface area contributed by atoms with Crippen LogP contribution in [0.4, 0.5) is 5.69 Å². The van der Waals surface area contributed by atoms with Crippen molar-refractivity contribution in [1.82, 2.24) is 15.0 Å². The number of aliphatic hydroxyl groups excluding tert-OH is 1. The fraction of sp³-hybridized carbons (Fsp3) is 0.0526. The molecule has 3 aromatic heterocycles. The number of nitro groups is 1. The highest BCUT2D eigenvalue weighted by Gasteiger charge is 2.18. The van der Waals surface area contributed by atoms with Crippen LogP contribution >= 0.6 is 0 Å². The molecular formula is C19H14N4O3. The highest BCUT2D eigenvalue weighted by Crippen LogP contribution is 2.31. The monoisotopic (exact) mass is 346 g/mol. The van der Waals surface area contributed by atoms with Crippen LogP contribution in [0.1, 0.15) is 17.2 Å². The van der Waals surface area contributed by atoms with Gasteiger partial charge in [0.15, 0.2) is 0 Å². The highest BCUT2D eigenvalue weighted by molar-refractivity contribution is 5.85. The Morgan fingerprint density at radius 3 is 2.77 bits per heavy atom. The maximum absolute atomic E-state index is 11.0. The van der Waals surface area contributed by atoms with Crippen LogP contribution in [0.25, 0.3) is 22.2 Å². The predicted octanol–water partition coefficient (Wildman–Crippen LogP) is 3.61. The number of non-ortho nitro benzene ring substituents is 1. The van der Waals surface area contributed by atoms with E-state index in [1.165, 1.54) is 12.1 Å². The molecule has 1 aromatic carbocycles. The van der Waals surface area contributed by atoms with Crippen molar-refractivity contribution in [2.75, 3.05) is 0 Å². The number of nitro benzene ring substituents is 1. The van der Waals surface area contributed by atoms with Crippen molar-refractivity contribution in [3.8, 4) is 11.1 Å². The molecular weight excluding hydrogens is 332 g/mol. The first-order valence-corrected chi connectivity index (χ1v) is 7.93. The molecule has 0 aliphatic heterocycles. The smallest absolute Gasteiger partial charge is 0.269 e. The summed E-state index contributed by atoms with van der Waals surface area (Å²) in [7, 11) is 0. The molecule has 0 saturated carbocycles. The van der Waals surface area contributed by atoms with Gasteiger partial charge in [0.2, 0.25) is 0 Å². The fourth-order valence-electron chi connectivity index (χ4n) is 2.93. The Labute approximate surface area is 148 Å². The number of rotatable bonds is 4. The molecule has 0 amide bonds. The van der Waals surface area contributed by atoms with E-state index in [0.717, 1.165) is 16.5 Å². The van der Waals surface area contributed by atoms with E-state index < -0.39 is 11.0 Å². The van der Waals surface area contributed by atoms with Gasteiger partial charge in [-0.2, -0.15) is 0 Å². The molecule has 0 radical (unpaired) electrons. The van der Waals surface area contributed by atoms with E-state index in [2.05, 4.69) is 15.0 Å². The highest BCUT2D eigenvalue weighted by atomic mass is 16.6. The SMILES string of the molecule is O=[N+]([O-])c1cccc(C(O)c2c[nH]c3ncc(-c4cccnc4)cc23)c1. The third-order valence-electron chi connectivity index (χ3n) is 4.25. The summed E-state index contributed by atoms with van der Waals surface area (Å²) in [5.41, 5.74) is 3.43. The van der Waals surface area contributed by atoms with Gasteiger partial charge in [-0.3, -0.25) is 15.1 Å². The van der Waals surface area contributed by atoms with Crippen molar-refractivity contribution in [3.05, 3.63) is 88.5 Å². The lowest BCUT2D eigenvalue weighted by Gasteiger charge is -2.10. The van der Waals surface area contributed by atoms with Crippen LogP contribution in [0.3, 0.4) is 0 Å². The van der Waals surface area contributed by atoms with Crippen molar-refractivity contribution in [3.63, 3.8) is 0 Å². The van der Waals surface area contributed by atoms with E-state index in [-0.39, 0.29) is 5.69 Å². The third-order valence-corrected chi connectivity index (χ3v) is 4.25. The molecule has 1 unspecified atom stereocenters. The Bertz CT molecular complexity index is 1090. The molecule has 2 N–H and O–H groups in total. The second-order valence-corrected chi connectivity index (χ2v) is 5.86. The van der Waals surface area contributed by atoms with Crippen LogP contribution in [0, 0.1) is 10.1 Å². The number of H-pyrrole nitrogens is 1. The maximum Gasteiger partial charge on any atom is 0.269 e. The Hall–Kier alpha value is -3.58. The van der Waals surface area contributed by atoms with Gasteiger partial charge in [0.05, 0.1) is 4.92 Å². The van der Waals surface area contributed by atoms with E-state index >= 15 is 0 Å². The minimum Gasteiger partial charge on any atom is -0.384 e. The summed E-state index contributed by atoms with van der Waals surface area (Å²) in [4.78, 5) is 22.0. The van der Waals surface area contributed by atoms with Gasteiger partial charge >= 0.3 is 0 Å². The third kappa shape index (κ3) is 2.80. The van der Waals surface area contributed by atoms with Crippen molar-refractivity contribution >= 4 is 16.7 Å². The van der Waals surface area contributed by atoms with E-state index in [0.29, 0.717) is 16.8 Å². The Balaban J connectivity index is 1.79. The lowest BCUT2D eigenvalue weighted by Crippen LogP contribution is -2.00. The van der Waals surface area contributed by atoms with Crippen molar-refractivity contribution < 1.29 is 10.0 Å². The molecule has 0 fully saturated rings. The Kier molecular flexibility index (Phi) is 3.91. The maximum atomic E-state index is 11.0. The molecule has 1 atom stereocenters. The molecule has 3 heterocycles. The quantitative estimate of drug-likeness (QED) is 0.434. The van der Waals surface area contributed by atoms with E-state index in [9.17, 15) is 15.2 Å². The topological polar surface area (TPSA) is 105 Å². The van der Waals surface area contributed by atoms with Gasteiger partial charge in [0.1, 0.15) is 11.8 Å². The summed E-state index contributed by atoms with van der Waals surface area (Å²) >= 11 is 0. The van der Waals surface area contributed by atoms with Gasteiger partial charge in [-0.25, -0.2) is 4.98 Å². The van der Waals surface area contributed by atoms with Crippen LogP contribution in [-0.4, -0.2) is 25.0 Å². The first-order chi connectivity index (χ1) is 12.6. The molecule has 0 saturated heterocycles. The van der Waals surface area contributed by atoms with Crippen molar-refractivity contribution in [2.24, 2.45) is 0 Å². The van der Waals surface area contributed by atoms with Crippen LogP contribution in [-0.2, 0) is 0 Å². The van der Waals surface area contributed by atoms with Crippen LogP contribution in [0.2, 0.25) is 0 Å². The standard InChI is InChI=1S/C19H14N4O3/c24-18(12-3-1-5-15(7-12)23(25)26)17-11-22-19-16(17)8-14(10-21-19)13-4-2-6-20-9-13/h1-11,18,24H,(H,21,22). The molecule has 4 aromatic rings. The molecule has 4 rings (SSSR count). The van der Waals surface area contributed by atoms with Crippen LogP contribution in [0.15, 0.2) is 67.3 Å². The minimum atomic E-state index is -1.01. The second-order valence-electron chi connectivity index (χ2n) is 5.86. The molecule has 0 aliphatic carbocycles. The first-order valence-electron chi connectivity index (χ1n) is 7.93. The number of hydrogen-bond donors (Lipinski definition) is 2. The van der Waals surface area contributed by atoms with Gasteiger partial charge in [-0.05, 0) is 17.7 Å². The largest absolute Gasteiger partial charge is 0.384 e. The zero-order valence-electron chi connectivity index (χ0n) is 13.5. The van der Waals surface area contributed by atoms with E-state index in [1.807, 2.05) is 18.2 Å². The molecule has 0 bridgehead atoms. The number of nitrogens with zero attached hydrogens (tertiary/aromatic N) is 3. The zero-order chi connectivity index (χ0) is 18.1. The summed E-state index contributed by atoms with van der Waals surface area (Å²) < 4.78 is 0. The normalized spacial score (nSPS) is 12.2. The average Bonchev–Trinajstić information content (AvgIpc) is 3.11. The average molecular weight is 346 g/mol. The number of nitrogens with one attached hydrogen (secondary N) is 1. The second kappa shape index (κ2) is 6.38. The number of aromatic amines is 1. The van der Waals surface area contributed by atoms with E-state index in [4.69, 9.17) is 0 Å². The molecule has 26 heavy (non-hydrogen) atoms. The molecule has 0 spiro atoms. The lowest BCUT2D eigenvalue weighted by molar-refractivity contribution is -0.385. The van der Waals surface area contributed by atoms with Gasteiger partial charge in [-0.15, -0.1) is 0 Å². The summed E-state index contributed by atoms with van der Waals surface area (Å²) in [5, 5.41) is 22.5. The number of benzene rings is 1. The summed E-state index contributed by atoms with van der Waals surface area (Å²) in [5.74, 6) is 0. The van der Waals surface area contributed by atoms with Crippen LogP contribution in [0.5, 0.6) is 0 Å². The first kappa shape index (κ1) is 15.9. The minimum absolute atomic E-state index is 0.0597. The van der Waals surface area contributed by atoms with Crippen LogP contribution < -0.4 is 0 Å². The molecule has 7 nitrogen and oxygen atoms in total.